The summed E-state index contributed by atoms with van der Waals surface area (Å²) in [5.41, 5.74) is 2.41. The number of ether oxygens (including phenoxy) is 1. The summed E-state index contributed by atoms with van der Waals surface area (Å²) in [7, 11) is 0. The molecule has 1 fully saturated rings. The molecule has 0 spiro atoms. The molecule has 0 aliphatic carbocycles. The first-order valence-electron chi connectivity index (χ1n) is 7.15. The molecular weight excluding hydrogens is 264 g/mol. The predicted octanol–water partition coefficient (Wildman–Crippen LogP) is 2.83. The van der Waals surface area contributed by atoms with Crippen LogP contribution in [0.2, 0.25) is 0 Å². The first kappa shape index (κ1) is 13.8. The topological polar surface area (TPSA) is 42.4 Å². The first-order valence-corrected chi connectivity index (χ1v) is 7.15. The molecule has 4 nitrogen and oxygen atoms in total. The number of amides is 1. The van der Waals surface area contributed by atoms with Crippen LogP contribution >= 0.6 is 0 Å². The van der Waals surface area contributed by atoms with E-state index in [0.717, 1.165) is 17.8 Å². The average molecular weight is 282 g/mol. The number of aryl methyl sites for hydroxylation is 1. The molecule has 0 radical (unpaired) electrons. The van der Waals surface area contributed by atoms with Crippen LogP contribution in [0.1, 0.15) is 22.5 Å². The smallest absolute Gasteiger partial charge is 0.260 e. The first-order chi connectivity index (χ1) is 10.3. The van der Waals surface area contributed by atoms with Crippen LogP contribution in [0.3, 0.4) is 0 Å². The van der Waals surface area contributed by atoms with E-state index < -0.39 is 0 Å². The Kier molecular flexibility index (Phi) is 3.97. The highest BCUT2D eigenvalue weighted by atomic mass is 16.5. The molecule has 1 aliphatic rings. The van der Waals surface area contributed by atoms with Crippen molar-refractivity contribution in [2.75, 3.05) is 18.1 Å². The van der Waals surface area contributed by atoms with E-state index in [1.54, 1.807) is 6.20 Å². The van der Waals surface area contributed by atoms with Crippen LogP contribution in [-0.2, 0) is 4.74 Å². The zero-order valence-electron chi connectivity index (χ0n) is 12.0. The number of hydrogen-bond acceptors (Lipinski definition) is 3. The highest BCUT2D eigenvalue weighted by Gasteiger charge is 2.29. The highest BCUT2D eigenvalue weighted by Crippen LogP contribution is 2.24. The molecule has 1 aliphatic heterocycles. The Bertz CT molecular complexity index is 604. The number of para-hydroxylation sites is 1. The van der Waals surface area contributed by atoms with E-state index in [-0.39, 0.29) is 11.9 Å². The number of pyridine rings is 1. The zero-order chi connectivity index (χ0) is 14.7. The van der Waals surface area contributed by atoms with E-state index in [2.05, 4.69) is 4.98 Å². The fraction of sp³-hybridized carbons (Fsp3) is 0.294. The number of nitrogens with zero attached hydrogens (tertiary/aromatic N) is 2. The summed E-state index contributed by atoms with van der Waals surface area (Å²) < 4.78 is 5.46. The monoisotopic (exact) mass is 282 g/mol. The Morgan fingerprint density at radius 2 is 2.05 bits per heavy atom. The van der Waals surface area contributed by atoms with E-state index in [4.69, 9.17) is 4.74 Å². The summed E-state index contributed by atoms with van der Waals surface area (Å²) >= 11 is 0. The van der Waals surface area contributed by atoms with Gasteiger partial charge in [0.05, 0.1) is 18.2 Å². The number of benzene rings is 1. The second kappa shape index (κ2) is 6.06. The van der Waals surface area contributed by atoms with Gasteiger partial charge >= 0.3 is 0 Å². The summed E-state index contributed by atoms with van der Waals surface area (Å²) in [5.74, 6) is -0.0239. The molecule has 0 saturated carbocycles. The minimum atomic E-state index is -0.0239. The summed E-state index contributed by atoms with van der Waals surface area (Å²) in [5, 5.41) is 0. The van der Waals surface area contributed by atoms with Gasteiger partial charge in [0.2, 0.25) is 0 Å². The molecule has 2 aromatic rings. The van der Waals surface area contributed by atoms with E-state index in [0.29, 0.717) is 18.8 Å². The van der Waals surface area contributed by atoms with Gasteiger partial charge in [0.15, 0.2) is 0 Å². The van der Waals surface area contributed by atoms with Crippen molar-refractivity contribution in [1.82, 2.24) is 4.98 Å². The fourth-order valence-electron chi connectivity index (χ4n) is 2.54. The van der Waals surface area contributed by atoms with Crippen molar-refractivity contribution in [2.45, 2.75) is 19.4 Å². The van der Waals surface area contributed by atoms with Gasteiger partial charge in [0.25, 0.3) is 5.91 Å². The minimum absolute atomic E-state index is 0.0239. The summed E-state index contributed by atoms with van der Waals surface area (Å²) in [4.78, 5) is 18.9. The molecular formula is C17H18N2O2. The van der Waals surface area contributed by atoms with Gasteiger partial charge in [-0.2, -0.15) is 0 Å². The molecule has 0 N–H and O–H groups in total. The van der Waals surface area contributed by atoms with E-state index in [1.807, 2.05) is 54.3 Å². The molecule has 3 rings (SSSR count). The largest absolute Gasteiger partial charge is 0.379 e. The Morgan fingerprint density at radius 3 is 2.67 bits per heavy atom. The third kappa shape index (κ3) is 2.95. The highest BCUT2D eigenvalue weighted by molar-refractivity contribution is 6.06. The van der Waals surface area contributed by atoms with E-state index in [1.165, 1.54) is 0 Å². The molecule has 108 valence electrons. The van der Waals surface area contributed by atoms with Crippen LogP contribution in [-0.4, -0.2) is 30.1 Å². The standard InChI is InChI=1S/C17H18N2O2/c1-13-7-8-14(11-18-13)17(20)19(16-9-10-21-12-16)15-5-3-2-4-6-15/h2-8,11,16H,9-10,12H2,1H3/t16-/m1/s1. The molecule has 4 heteroatoms. The van der Waals surface area contributed by atoms with Crippen LogP contribution < -0.4 is 4.90 Å². The lowest BCUT2D eigenvalue weighted by atomic mass is 10.1. The lowest BCUT2D eigenvalue weighted by molar-refractivity contribution is 0.0971. The second-order valence-electron chi connectivity index (χ2n) is 5.22. The van der Waals surface area contributed by atoms with Crippen LogP contribution in [0, 0.1) is 6.92 Å². The van der Waals surface area contributed by atoms with Gasteiger partial charge in [-0.1, -0.05) is 18.2 Å². The van der Waals surface area contributed by atoms with Crippen molar-refractivity contribution in [1.29, 1.82) is 0 Å². The van der Waals surface area contributed by atoms with Crippen LogP contribution in [0.5, 0.6) is 0 Å². The number of hydrogen-bond donors (Lipinski definition) is 0. The predicted molar refractivity (Wildman–Crippen MR) is 81.4 cm³/mol. The molecule has 0 bridgehead atoms. The normalized spacial score (nSPS) is 17.7. The Hall–Kier alpha value is -2.20. The molecule has 0 unspecified atom stereocenters. The summed E-state index contributed by atoms with van der Waals surface area (Å²) in [6, 6.07) is 13.5. The molecule has 1 saturated heterocycles. The van der Waals surface area contributed by atoms with Crippen molar-refractivity contribution in [2.24, 2.45) is 0 Å². The molecule has 1 aromatic heterocycles. The fourth-order valence-corrected chi connectivity index (χ4v) is 2.54. The van der Waals surface area contributed by atoms with Crippen molar-refractivity contribution in [3.8, 4) is 0 Å². The van der Waals surface area contributed by atoms with Gasteiger partial charge in [-0.15, -0.1) is 0 Å². The third-order valence-corrected chi connectivity index (χ3v) is 3.68. The molecule has 1 amide bonds. The molecule has 21 heavy (non-hydrogen) atoms. The maximum absolute atomic E-state index is 12.9. The number of rotatable bonds is 3. The van der Waals surface area contributed by atoms with Crippen molar-refractivity contribution in [3.63, 3.8) is 0 Å². The Labute approximate surface area is 124 Å². The van der Waals surface area contributed by atoms with Gasteiger partial charge in [-0.25, -0.2) is 0 Å². The SMILES string of the molecule is Cc1ccc(C(=O)N(c2ccccc2)[C@@H]2CCOC2)cn1. The number of anilines is 1. The van der Waals surface area contributed by atoms with E-state index in [9.17, 15) is 4.79 Å². The summed E-state index contributed by atoms with van der Waals surface area (Å²) in [6.45, 7) is 3.20. The molecule has 1 aromatic carbocycles. The molecule has 1 atom stereocenters. The maximum Gasteiger partial charge on any atom is 0.260 e. The van der Waals surface area contributed by atoms with Crippen molar-refractivity contribution < 1.29 is 9.53 Å². The van der Waals surface area contributed by atoms with Gasteiger partial charge in [0, 0.05) is 24.2 Å². The lowest BCUT2D eigenvalue weighted by Crippen LogP contribution is -2.41. The van der Waals surface area contributed by atoms with Gasteiger partial charge < -0.3 is 9.64 Å². The van der Waals surface area contributed by atoms with Crippen molar-refractivity contribution in [3.05, 3.63) is 59.9 Å². The summed E-state index contributed by atoms with van der Waals surface area (Å²) in [6.07, 6.45) is 2.50. The number of carbonyl (C=O) groups excluding carboxylic acids is 1. The molecule has 2 heterocycles. The third-order valence-electron chi connectivity index (χ3n) is 3.68. The second-order valence-corrected chi connectivity index (χ2v) is 5.22. The van der Waals surface area contributed by atoms with Gasteiger partial charge in [0.1, 0.15) is 0 Å². The zero-order valence-corrected chi connectivity index (χ0v) is 12.0. The van der Waals surface area contributed by atoms with Gasteiger partial charge in [-0.05, 0) is 37.6 Å². The Morgan fingerprint density at radius 1 is 1.24 bits per heavy atom. The van der Waals surface area contributed by atoms with Crippen molar-refractivity contribution >= 4 is 11.6 Å². The number of aromatic nitrogens is 1. The van der Waals surface area contributed by atoms with Crippen LogP contribution in [0.25, 0.3) is 0 Å². The average Bonchev–Trinajstić information content (AvgIpc) is 3.03. The number of carbonyl (C=O) groups is 1. The lowest BCUT2D eigenvalue weighted by Gasteiger charge is -2.28. The minimum Gasteiger partial charge on any atom is -0.379 e. The Balaban J connectivity index is 1.94. The quantitative estimate of drug-likeness (QED) is 0.869. The van der Waals surface area contributed by atoms with Crippen LogP contribution in [0.15, 0.2) is 48.7 Å². The van der Waals surface area contributed by atoms with Gasteiger partial charge in [-0.3, -0.25) is 9.78 Å². The van der Waals surface area contributed by atoms with Crippen LogP contribution in [0.4, 0.5) is 5.69 Å². The maximum atomic E-state index is 12.9. The van der Waals surface area contributed by atoms with E-state index >= 15 is 0 Å².